The van der Waals surface area contributed by atoms with Crippen LogP contribution in [0.4, 0.5) is 0 Å². The number of benzene rings is 2. The molecule has 3 aliphatic rings. The highest BCUT2D eigenvalue weighted by Gasteiger charge is 2.31. The van der Waals surface area contributed by atoms with Crippen molar-refractivity contribution in [3.63, 3.8) is 0 Å². The second-order valence-corrected chi connectivity index (χ2v) is 6.61. The van der Waals surface area contributed by atoms with Gasteiger partial charge in [0, 0.05) is 11.3 Å². The van der Waals surface area contributed by atoms with Crippen LogP contribution in [0.15, 0.2) is 48.0 Å². The Morgan fingerprint density at radius 3 is 2.83 bits per heavy atom. The topological polar surface area (TPSA) is 42.5 Å². The molecule has 1 aliphatic carbocycles. The van der Waals surface area contributed by atoms with Gasteiger partial charge in [0.15, 0.2) is 16.6 Å². The van der Waals surface area contributed by atoms with E-state index in [4.69, 9.17) is 21.7 Å². The van der Waals surface area contributed by atoms with Crippen LogP contribution in [0.5, 0.6) is 11.5 Å². The molecular weight excluding hydrogens is 320 g/mol. The Bertz CT molecular complexity index is 891. The van der Waals surface area contributed by atoms with Crippen LogP contribution in [0.3, 0.4) is 0 Å². The lowest BCUT2D eigenvalue weighted by Gasteiger charge is -2.35. The smallest absolute Gasteiger partial charge is 0.231 e. The molecule has 2 heterocycles. The number of aryl methyl sites for hydroxylation is 1. The van der Waals surface area contributed by atoms with Crippen molar-refractivity contribution in [3.8, 4) is 11.5 Å². The van der Waals surface area contributed by atoms with Gasteiger partial charge >= 0.3 is 0 Å². The molecule has 0 fully saturated rings. The van der Waals surface area contributed by atoms with E-state index >= 15 is 0 Å². The second-order valence-electron chi connectivity index (χ2n) is 6.20. The van der Waals surface area contributed by atoms with Crippen LogP contribution in [0.25, 0.3) is 5.70 Å². The Balaban J connectivity index is 1.63. The third-order valence-corrected chi connectivity index (χ3v) is 5.08. The third kappa shape index (κ3) is 2.08. The molecule has 2 aromatic rings. The molecule has 2 aliphatic heterocycles. The molecule has 1 atom stereocenters. The highest BCUT2D eigenvalue weighted by molar-refractivity contribution is 7.80. The number of hydrogen-bond acceptors (Lipinski definition) is 3. The molecule has 0 amide bonds. The molecule has 120 valence electrons. The Hall–Kier alpha value is -2.53. The fraction of sp³-hybridized carbons (Fsp3) is 0.211. The number of ether oxygens (including phenoxy) is 2. The Morgan fingerprint density at radius 2 is 1.88 bits per heavy atom. The number of thiocarbonyl (C=S) groups is 1. The first-order chi connectivity index (χ1) is 11.8. The normalized spacial score (nSPS) is 20.8. The zero-order valence-corrected chi connectivity index (χ0v) is 13.8. The van der Waals surface area contributed by atoms with Gasteiger partial charge < -0.3 is 20.1 Å². The lowest BCUT2D eigenvalue weighted by Crippen LogP contribution is -2.44. The van der Waals surface area contributed by atoms with Gasteiger partial charge in [0.25, 0.3) is 0 Å². The van der Waals surface area contributed by atoms with Crippen molar-refractivity contribution >= 4 is 23.0 Å². The van der Waals surface area contributed by atoms with Crippen LogP contribution in [-0.2, 0) is 6.42 Å². The maximum atomic E-state index is 5.53. The molecule has 4 nitrogen and oxygen atoms in total. The summed E-state index contributed by atoms with van der Waals surface area (Å²) in [5.74, 6) is 1.61. The lowest BCUT2D eigenvalue weighted by atomic mass is 9.83. The van der Waals surface area contributed by atoms with Gasteiger partial charge in [-0.05, 0) is 53.9 Å². The molecule has 0 saturated carbocycles. The Morgan fingerprint density at radius 1 is 1.00 bits per heavy atom. The molecule has 0 bridgehead atoms. The van der Waals surface area contributed by atoms with Crippen LogP contribution in [0.2, 0.25) is 0 Å². The summed E-state index contributed by atoms with van der Waals surface area (Å²) in [6, 6.07) is 14.7. The monoisotopic (exact) mass is 336 g/mol. The molecule has 0 saturated heterocycles. The largest absolute Gasteiger partial charge is 0.454 e. The fourth-order valence-corrected chi connectivity index (χ4v) is 3.95. The van der Waals surface area contributed by atoms with Gasteiger partial charge in [0.2, 0.25) is 6.79 Å². The lowest BCUT2D eigenvalue weighted by molar-refractivity contribution is 0.174. The molecule has 0 aromatic heterocycles. The summed E-state index contributed by atoms with van der Waals surface area (Å²) in [6.45, 7) is 0.290. The van der Waals surface area contributed by atoms with Crippen molar-refractivity contribution in [1.29, 1.82) is 0 Å². The molecule has 2 N–H and O–H groups in total. The van der Waals surface area contributed by atoms with Crippen LogP contribution in [0.1, 0.15) is 29.2 Å². The van der Waals surface area contributed by atoms with Crippen molar-refractivity contribution in [2.75, 3.05) is 6.79 Å². The zero-order valence-electron chi connectivity index (χ0n) is 13.0. The minimum atomic E-state index is 0.0663. The predicted molar refractivity (Wildman–Crippen MR) is 95.9 cm³/mol. The zero-order chi connectivity index (χ0) is 16.1. The molecule has 0 radical (unpaired) electrons. The first kappa shape index (κ1) is 13.9. The molecule has 0 spiro atoms. The van der Waals surface area contributed by atoms with E-state index in [1.165, 1.54) is 16.7 Å². The van der Waals surface area contributed by atoms with Crippen molar-refractivity contribution in [2.45, 2.75) is 18.9 Å². The number of fused-ring (bicyclic) bond motifs is 3. The summed E-state index contributed by atoms with van der Waals surface area (Å²) in [5.41, 5.74) is 6.28. The highest BCUT2D eigenvalue weighted by Crippen LogP contribution is 2.41. The maximum Gasteiger partial charge on any atom is 0.231 e. The minimum Gasteiger partial charge on any atom is -0.454 e. The van der Waals surface area contributed by atoms with E-state index in [1.807, 2.05) is 6.07 Å². The standard InChI is InChI=1S/C19H16N2O2S/c24-19-20-17(12-6-8-15-16(9-12)23-10-22-15)14-7-5-11-3-1-2-4-13(11)18(14)21-19/h1-4,6,8-9,17H,5,7,10H2,(H2,20,21,24)/t17-/m1/s1. The molecule has 5 rings (SSSR count). The van der Waals surface area contributed by atoms with Gasteiger partial charge in [0.1, 0.15) is 0 Å². The summed E-state index contributed by atoms with van der Waals surface area (Å²) in [4.78, 5) is 0. The summed E-state index contributed by atoms with van der Waals surface area (Å²) >= 11 is 5.47. The molecule has 24 heavy (non-hydrogen) atoms. The van der Waals surface area contributed by atoms with Crippen molar-refractivity contribution in [2.24, 2.45) is 0 Å². The van der Waals surface area contributed by atoms with E-state index in [9.17, 15) is 0 Å². The number of nitrogens with one attached hydrogen (secondary N) is 2. The van der Waals surface area contributed by atoms with Gasteiger partial charge in [-0.25, -0.2) is 0 Å². The average molecular weight is 336 g/mol. The van der Waals surface area contributed by atoms with Crippen LogP contribution in [-0.4, -0.2) is 11.9 Å². The first-order valence-electron chi connectivity index (χ1n) is 8.08. The maximum absolute atomic E-state index is 5.53. The number of hydrogen-bond donors (Lipinski definition) is 2. The van der Waals surface area contributed by atoms with Gasteiger partial charge in [-0.3, -0.25) is 0 Å². The van der Waals surface area contributed by atoms with E-state index in [1.54, 1.807) is 0 Å². The van der Waals surface area contributed by atoms with E-state index in [0.29, 0.717) is 5.11 Å². The van der Waals surface area contributed by atoms with E-state index in [-0.39, 0.29) is 12.8 Å². The van der Waals surface area contributed by atoms with Gasteiger partial charge in [-0.1, -0.05) is 30.3 Å². The predicted octanol–water partition coefficient (Wildman–Crippen LogP) is 3.29. The van der Waals surface area contributed by atoms with Gasteiger partial charge in [-0.2, -0.15) is 0 Å². The molecule has 2 aromatic carbocycles. The molecular formula is C19H16N2O2S. The second kappa shape index (κ2) is 5.24. The van der Waals surface area contributed by atoms with Crippen LogP contribution < -0.4 is 20.1 Å². The summed E-state index contributed by atoms with van der Waals surface area (Å²) in [5, 5.41) is 7.45. The Labute approximate surface area is 145 Å². The Kier molecular flexibility index (Phi) is 3.03. The van der Waals surface area contributed by atoms with Gasteiger partial charge in [0.05, 0.1) is 6.04 Å². The van der Waals surface area contributed by atoms with E-state index in [0.717, 1.165) is 35.6 Å². The minimum absolute atomic E-state index is 0.0663. The van der Waals surface area contributed by atoms with E-state index in [2.05, 4.69) is 47.0 Å². The summed E-state index contributed by atoms with van der Waals surface area (Å²) in [6.07, 6.45) is 2.06. The van der Waals surface area contributed by atoms with Crippen LogP contribution >= 0.6 is 12.2 Å². The quantitative estimate of drug-likeness (QED) is 0.782. The average Bonchev–Trinajstić information content (AvgIpc) is 3.08. The molecule has 5 heteroatoms. The van der Waals surface area contributed by atoms with Crippen molar-refractivity contribution < 1.29 is 9.47 Å². The molecule has 0 unspecified atom stereocenters. The summed E-state index contributed by atoms with van der Waals surface area (Å²) < 4.78 is 11.0. The third-order valence-electron chi connectivity index (χ3n) is 4.86. The SMILES string of the molecule is S=C1NC2=C(CCc3ccccc32)[C@@H](c2ccc3c(c2)OCO3)N1. The first-order valence-corrected chi connectivity index (χ1v) is 8.49. The van der Waals surface area contributed by atoms with Gasteiger partial charge in [-0.15, -0.1) is 0 Å². The summed E-state index contributed by atoms with van der Waals surface area (Å²) in [7, 11) is 0. The number of rotatable bonds is 1. The van der Waals surface area contributed by atoms with Crippen LogP contribution in [0, 0.1) is 0 Å². The van der Waals surface area contributed by atoms with Crippen molar-refractivity contribution in [1.82, 2.24) is 10.6 Å². The van der Waals surface area contributed by atoms with Crippen molar-refractivity contribution in [3.05, 3.63) is 64.7 Å². The van der Waals surface area contributed by atoms with E-state index < -0.39 is 0 Å². The fourth-order valence-electron chi connectivity index (χ4n) is 3.73. The highest BCUT2D eigenvalue weighted by atomic mass is 32.1.